The molecule has 1 aromatic carbocycles. The monoisotopic (exact) mass is 333 g/mol. The number of amides is 3. The summed E-state index contributed by atoms with van der Waals surface area (Å²) in [5.41, 5.74) is 0.732. The molecule has 0 saturated carbocycles. The lowest BCUT2D eigenvalue weighted by atomic mass is 9.96. The minimum Gasteiger partial charge on any atom is -0.354 e. The van der Waals surface area contributed by atoms with Crippen molar-refractivity contribution in [1.29, 1.82) is 0 Å². The molecule has 24 heavy (non-hydrogen) atoms. The Hall–Kier alpha value is -2.37. The van der Waals surface area contributed by atoms with Crippen LogP contribution < -0.4 is 16.0 Å². The van der Waals surface area contributed by atoms with Crippen molar-refractivity contribution in [2.75, 3.05) is 18.4 Å². The van der Waals surface area contributed by atoms with Crippen LogP contribution in [0, 0.1) is 5.41 Å². The molecule has 1 rings (SSSR count). The Morgan fingerprint density at radius 3 is 2.08 bits per heavy atom. The predicted octanol–water partition coefficient (Wildman–Crippen LogP) is 2.32. The molecule has 0 spiro atoms. The molecule has 3 N–H and O–H groups in total. The van der Waals surface area contributed by atoms with Gasteiger partial charge in [-0.3, -0.25) is 14.4 Å². The molecule has 0 aliphatic carbocycles. The minimum absolute atomic E-state index is 0.0377. The van der Waals surface area contributed by atoms with Crippen LogP contribution in [-0.4, -0.2) is 30.8 Å². The van der Waals surface area contributed by atoms with Crippen LogP contribution in [0.5, 0.6) is 0 Å². The Kier molecular flexibility index (Phi) is 7.42. The van der Waals surface area contributed by atoms with Gasteiger partial charge in [-0.2, -0.15) is 0 Å². The van der Waals surface area contributed by atoms with Gasteiger partial charge in [-0.05, 0) is 30.7 Å². The van der Waals surface area contributed by atoms with Crippen LogP contribution in [0.2, 0.25) is 0 Å². The molecule has 3 amide bonds. The van der Waals surface area contributed by atoms with E-state index in [-0.39, 0.29) is 17.7 Å². The first kappa shape index (κ1) is 19.7. The highest BCUT2D eigenvalue weighted by Crippen LogP contribution is 2.12. The van der Waals surface area contributed by atoms with E-state index in [1.54, 1.807) is 24.3 Å². The Bertz CT molecular complexity index is 574. The fourth-order valence-corrected chi connectivity index (χ4v) is 1.87. The number of benzene rings is 1. The van der Waals surface area contributed by atoms with E-state index >= 15 is 0 Å². The van der Waals surface area contributed by atoms with Crippen LogP contribution in [0.3, 0.4) is 0 Å². The number of nitrogens with one attached hydrogen (secondary N) is 3. The molecule has 0 aliphatic heterocycles. The molecule has 0 saturated heterocycles. The summed E-state index contributed by atoms with van der Waals surface area (Å²) in [6.07, 6.45) is 1.26. The van der Waals surface area contributed by atoms with Crippen LogP contribution in [-0.2, 0) is 9.59 Å². The van der Waals surface area contributed by atoms with Crippen molar-refractivity contribution >= 4 is 23.4 Å². The lowest BCUT2D eigenvalue weighted by molar-refractivity contribution is -0.128. The molecular weight excluding hydrogens is 306 g/mol. The number of anilines is 1. The van der Waals surface area contributed by atoms with Crippen LogP contribution >= 0.6 is 0 Å². The van der Waals surface area contributed by atoms with Gasteiger partial charge in [-0.1, -0.05) is 27.7 Å². The van der Waals surface area contributed by atoms with Crippen molar-refractivity contribution in [3.63, 3.8) is 0 Å². The molecule has 6 nitrogen and oxygen atoms in total. The maximum absolute atomic E-state index is 12.0. The summed E-state index contributed by atoms with van der Waals surface area (Å²) in [7, 11) is 0. The quantitative estimate of drug-likeness (QED) is 0.669. The highest BCUT2D eigenvalue weighted by Gasteiger charge is 2.20. The molecule has 6 heteroatoms. The van der Waals surface area contributed by atoms with Crippen molar-refractivity contribution < 1.29 is 14.4 Å². The van der Waals surface area contributed by atoms with E-state index in [0.29, 0.717) is 30.8 Å². The van der Waals surface area contributed by atoms with Crippen LogP contribution in [0.15, 0.2) is 24.3 Å². The molecule has 0 aromatic heterocycles. The summed E-state index contributed by atoms with van der Waals surface area (Å²) < 4.78 is 0. The smallest absolute Gasteiger partial charge is 0.251 e. The normalized spacial score (nSPS) is 10.8. The van der Waals surface area contributed by atoms with Crippen molar-refractivity contribution in [1.82, 2.24) is 10.6 Å². The third-order valence-electron chi connectivity index (χ3n) is 3.29. The summed E-state index contributed by atoms with van der Waals surface area (Å²) in [5, 5.41) is 8.29. The molecule has 0 radical (unpaired) electrons. The number of carbonyl (C=O) groups is 3. The lowest BCUT2D eigenvalue weighted by Gasteiger charge is -2.17. The topological polar surface area (TPSA) is 87.3 Å². The predicted molar refractivity (Wildman–Crippen MR) is 94.8 cm³/mol. The van der Waals surface area contributed by atoms with E-state index in [4.69, 9.17) is 0 Å². The van der Waals surface area contributed by atoms with Gasteiger partial charge in [-0.25, -0.2) is 0 Å². The zero-order chi connectivity index (χ0) is 18.2. The minimum atomic E-state index is -0.442. The number of hydrogen-bond donors (Lipinski definition) is 3. The molecule has 132 valence electrons. The Morgan fingerprint density at radius 1 is 0.958 bits per heavy atom. The highest BCUT2D eigenvalue weighted by atomic mass is 16.2. The zero-order valence-corrected chi connectivity index (χ0v) is 14.9. The number of hydrogen-bond acceptors (Lipinski definition) is 3. The molecule has 0 bridgehead atoms. The number of carbonyl (C=O) groups excluding carboxylic acids is 3. The molecule has 0 unspecified atom stereocenters. The fraction of sp³-hybridized carbons (Fsp3) is 0.500. The van der Waals surface area contributed by atoms with Gasteiger partial charge < -0.3 is 16.0 Å². The van der Waals surface area contributed by atoms with Crippen molar-refractivity contribution in [2.24, 2.45) is 5.41 Å². The fourth-order valence-electron chi connectivity index (χ4n) is 1.87. The first-order valence-corrected chi connectivity index (χ1v) is 8.20. The Balaban J connectivity index is 2.40. The van der Waals surface area contributed by atoms with E-state index in [2.05, 4.69) is 16.0 Å². The number of rotatable bonds is 7. The van der Waals surface area contributed by atoms with Gasteiger partial charge in [0.25, 0.3) is 5.91 Å². The second-order valence-electron chi connectivity index (χ2n) is 6.64. The van der Waals surface area contributed by atoms with Gasteiger partial charge in [-0.15, -0.1) is 0 Å². The van der Waals surface area contributed by atoms with Crippen LogP contribution in [0.1, 0.15) is 50.9 Å². The van der Waals surface area contributed by atoms with E-state index in [1.165, 1.54) is 0 Å². The third-order valence-corrected chi connectivity index (χ3v) is 3.29. The zero-order valence-electron chi connectivity index (χ0n) is 14.9. The van der Waals surface area contributed by atoms with E-state index < -0.39 is 5.41 Å². The molecule has 0 fully saturated rings. The maximum Gasteiger partial charge on any atom is 0.251 e. The maximum atomic E-state index is 12.0. The summed E-state index contributed by atoms with van der Waals surface area (Å²) in [6, 6.07) is 6.71. The second-order valence-corrected chi connectivity index (χ2v) is 6.64. The summed E-state index contributed by atoms with van der Waals surface area (Å²) >= 11 is 0. The van der Waals surface area contributed by atoms with E-state index in [0.717, 1.165) is 6.42 Å². The largest absolute Gasteiger partial charge is 0.354 e. The van der Waals surface area contributed by atoms with Gasteiger partial charge in [0.1, 0.15) is 0 Å². The summed E-state index contributed by atoms with van der Waals surface area (Å²) in [4.78, 5) is 35.2. The first-order valence-electron chi connectivity index (χ1n) is 8.20. The van der Waals surface area contributed by atoms with Gasteiger partial charge in [0, 0.05) is 36.2 Å². The standard InChI is InChI=1S/C18H27N3O3/c1-5-6-15(22)21-14-9-7-13(8-10-14)16(23)19-11-12-20-17(24)18(2,3)4/h7-10H,5-6,11-12H2,1-4H3,(H,19,23)(H,20,24)(H,21,22). The van der Waals surface area contributed by atoms with Gasteiger partial charge in [0.05, 0.1) is 0 Å². The SMILES string of the molecule is CCCC(=O)Nc1ccc(C(=O)NCCNC(=O)C(C)(C)C)cc1. The summed E-state index contributed by atoms with van der Waals surface area (Å²) in [6.45, 7) is 8.19. The van der Waals surface area contributed by atoms with Crippen LogP contribution in [0.25, 0.3) is 0 Å². The van der Waals surface area contributed by atoms with Crippen molar-refractivity contribution in [3.05, 3.63) is 29.8 Å². The second kappa shape index (κ2) is 9.05. The average Bonchev–Trinajstić information content (AvgIpc) is 2.51. The van der Waals surface area contributed by atoms with E-state index in [9.17, 15) is 14.4 Å². The van der Waals surface area contributed by atoms with Crippen molar-refractivity contribution in [3.8, 4) is 0 Å². The van der Waals surface area contributed by atoms with Gasteiger partial charge in [0.15, 0.2) is 0 Å². The molecule has 0 aliphatic rings. The molecular formula is C18H27N3O3. The molecule has 0 heterocycles. The van der Waals surface area contributed by atoms with Crippen LogP contribution in [0.4, 0.5) is 5.69 Å². The Labute approximate surface area is 143 Å². The first-order chi connectivity index (χ1) is 11.2. The van der Waals surface area contributed by atoms with E-state index in [1.807, 2.05) is 27.7 Å². The third kappa shape index (κ3) is 6.81. The average molecular weight is 333 g/mol. The highest BCUT2D eigenvalue weighted by molar-refractivity contribution is 5.95. The van der Waals surface area contributed by atoms with Gasteiger partial charge in [0.2, 0.25) is 11.8 Å². The van der Waals surface area contributed by atoms with Gasteiger partial charge >= 0.3 is 0 Å². The summed E-state index contributed by atoms with van der Waals surface area (Å²) in [5.74, 6) is -0.306. The lowest BCUT2D eigenvalue weighted by Crippen LogP contribution is -2.39. The molecule has 0 atom stereocenters. The van der Waals surface area contributed by atoms with Crippen molar-refractivity contribution in [2.45, 2.75) is 40.5 Å². The molecule has 1 aromatic rings. The Morgan fingerprint density at radius 2 is 1.54 bits per heavy atom.